The minimum atomic E-state index is -1.89. The molecule has 3 amide bonds. The highest BCUT2D eigenvalue weighted by Crippen LogP contribution is 2.40. The Bertz CT molecular complexity index is 1500. The summed E-state index contributed by atoms with van der Waals surface area (Å²) in [5.41, 5.74) is 0.960. The number of para-hydroxylation sites is 1. The van der Waals surface area contributed by atoms with Crippen molar-refractivity contribution < 1.29 is 51.4 Å². The van der Waals surface area contributed by atoms with Gasteiger partial charge in [-0.2, -0.15) is 8.78 Å². The molecule has 10 nitrogen and oxygen atoms in total. The molecule has 0 spiro atoms. The van der Waals surface area contributed by atoms with Crippen molar-refractivity contribution in [1.82, 2.24) is 10.2 Å². The number of ether oxygens (including phenoxy) is 1. The molecule has 0 aromatic heterocycles. The van der Waals surface area contributed by atoms with Crippen molar-refractivity contribution in [3.8, 4) is 5.75 Å². The van der Waals surface area contributed by atoms with E-state index in [1.807, 2.05) is 32.9 Å². The Kier molecular flexibility index (Phi) is 9.83. The molecule has 0 aliphatic carbocycles. The third-order valence-corrected chi connectivity index (χ3v) is 8.08. The highest BCUT2D eigenvalue weighted by molar-refractivity contribution is 6.39. The Morgan fingerprint density at radius 2 is 1.60 bits per heavy atom. The lowest BCUT2D eigenvalue weighted by atomic mass is 9.86. The third-order valence-electron chi connectivity index (χ3n) is 8.08. The van der Waals surface area contributed by atoms with Gasteiger partial charge in [0.2, 0.25) is 17.5 Å². The Morgan fingerprint density at radius 1 is 0.978 bits per heavy atom. The summed E-state index contributed by atoms with van der Waals surface area (Å²) in [6.45, 7) is 4.66. The van der Waals surface area contributed by atoms with Crippen LogP contribution in [0, 0.1) is 29.2 Å². The molecule has 14 heteroatoms. The number of hydrogen-bond donors (Lipinski definition) is 3. The first kappa shape index (κ1) is 33.4. The van der Waals surface area contributed by atoms with Crippen LogP contribution in [-0.4, -0.2) is 64.2 Å². The molecule has 4 atom stereocenters. The largest absolute Gasteiger partial charge is 0.481 e. The summed E-state index contributed by atoms with van der Waals surface area (Å²) >= 11 is 0. The average molecular weight is 636 g/mol. The second kappa shape index (κ2) is 13.2. The second-order valence-corrected chi connectivity index (χ2v) is 12.2. The number of carbonyl (C=O) groups excluding carboxylic acids is 4. The molecule has 3 N–H and O–H groups in total. The zero-order valence-corrected chi connectivity index (χ0v) is 24.8. The number of carboxylic acid groups (broad SMARTS) is 1. The van der Waals surface area contributed by atoms with Crippen molar-refractivity contribution >= 4 is 35.2 Å². The van der Waals surface area contributed by atoms with Crippen molar-refractivity contribution in [2.45, 2.75) is 76.4 Å². The van der Waals surface area contributed by atoms with E-state index in [1.54, 1.807) is 12.1 Å². The van der Waals surface area contributed by atoms with Crippen LogP contribution < -0.4 is 15.4 Å². The first-order chi connectivity index (χ1) is 21.1. The van der Waals surface area contributed by atoms with Gasteiger partial charge in [-0.3, -0.25) is 24.0 Å². The topological polar surface area (TPSA) is 142 Å². The number of nitrogens with one attached hydrogen (secondary N) is 2. The van der Waals surface area contributed by atoms with E-state index < -0.39 is 89.5 Å². The number of amides is 3. The number of benzene rings is 2. The monoisotopic (exact) mass is 635 g/mol. The van der Waals surface area contributed by atoms with Crippen LogP contribution in [0.2, 0.25) is 0 Å². The van der Waals surface area contributed by atoms with Gasteiger partial charge in [-0.1, -0.05) is 39.0 Å². The molecule has 2 heterocycles. The van der Waals surface area contributed by atoms with E-state index in [-0.39, 0.29) is 23.9 Å². The van der Waals surface area contributed by atoms with Crippen molar-refractivity contribution in [2.24, 2.45) is 5.92 Å². The molecule has 0 saturated carbocycles. The van der Waals surface area contributed by atoms with E-state index in [1.165, 1.54) is 4.90 Å². The fraction of sp³-hybridized carbons (Fsp3) is 0.452. The van der Waals surface area contributed by atoms with Crippen LogP contribution >= 0.6 is 0 Å². The highest BCUT2D eigenvalue weighted by Gasteiger charge is 2.49. The molecule has 45 heavy (non-hydrogen) atoms. The van der Waals surface area contributed by atoms with E-state index in [0.717, 1.165) is 5.56 Å². The number of rotatable bonds is 9. The number of nitrogens with zero attached hydrogens (tertiary/aromatic N) is 1. The van der Waals surface area contributed by atoms with Gasteiger partial charge in [-0.25, -0.2) is 8.78 Å². The summed E-state index contributed by atoms with van der Waals surface area (Å²) in [5, 5.41) is 14.3. The van der Waals surface area contributed by atoms with Crippen molar-refractivity contribution in [2.75, 3.05) is 11.9 Å². The van der Waals surface area contributed by atoms with E-state index in [0.29, 0.717) is 24.9 Å². The summed E-state index contributed by atoms with van der Waals surface area (Å²) in [6.07, 6.45) is 0.622. The maximum absolute atomic E-state index is 14.0. The summed E-state index contributed by atoms with van der Waals surface area (Å²) < 4.78 is 59.6. The average Bonchev–Trinajstić information content (AvgIpc) is 3.26. The summed E-state index contributed by atoms with van der Waals surface area (Å²) in [4.78, 5) is 65.6. The number of carboxylic acids is 1. The zero-order chi connectivity index (χ0) is 33.2. The van der Waals surface area contributed by atoms with E-state index in [9.17, 15) is 46.6 Å². The Morgan fingerprint density at radius 3 is 2.22 bits per heavy atom. The molecule has 0 radical (unpaired) electrons. The summed E-state index contributed by atoms with van der Waals surface area (Å²) in [5.74, 6) is -14.9. The Hall–Kier alpha value is -4.49. The molecule has 4 rings (SSSR count). The first-order valence-electron chi connectivity index (χ1n) is 14.3. The lowest BCUT2D eigenvalue weighted by Crippen LogP contribution is -2.56. The van der Waals surface area contributed by atoms with Crippen molar-refractivity contribution in [3.05, 3.63) is 59.2 Å². The normalized spacial score (nSPS) is 19.9. The molecule has 1 unspecified atom stereocenters. The van der Waals surface area contributed by atoms with Crippen LogP contribution in [-0.2, 0) is 29.4 Å². The predicted octanol–water partition coefficient (Wildman–Crippen LogP) is 3.86. The van der Waals surface area contributed by atoms with Crippen molar-refractivity contribution in [1.29, 1.82) is 0 Å². The van der Waals surface area contributed by atoms with E-state index >= 15 is 0 Å². The molecule has 2 saturated heterocycles. The molecule has 2 fully saturated rings. The number of Topliss-reactive ketones (excluding diaryl/α,β-unsaturated/α-hetero) is 1. The maximum Gasteiger partial charge on any atom is 0.313 e. The molecule has 2 aliphatic rings. The number of halogens is 4. The van der Waals surface area contributed by atoms with Crippen molar-refractivity contribution in [3.63, 3.8) is 0 Å². The third kappa shape index (κ3) is 7.26. The van der Waals surface area contributed by atoms with Gasteiger partial charge in [0.1, 0.15) is 12.6 Å². The second-order valence-electron chi connectivity index (χ2n) is 12.2. The number of hydrogen-bond acceptors (Lipinski definition) is 6. The number of anilines is 1. The van der Waals surface area contributed by atoms with Gasteiger partial charge in [0.05, 0.1) is 12.3 Å². The van der Waals surface area contributed by atoms with Crippen LogP contribution in [0.15, 0.2) is 30.3 Å². The van der Waals surface area contributed by atoms with Crippen LogP contribution in [0.5, 0.6) is 5.75 Å². The number of carbonyl (C=O) groups is 5. The number of fused-ring (bicyclic) bond motifs is 2. The minimum absolute atomic E-state index is 0.0486. The first-order valence-corrected chi connectivity index (χ1v) is 14.3. The van der Waals surface area contributed by atoms with Gasteiger partial charge < -0.3 is 25.4 Å². The fourth-order valence-electron chi connectivity index (χ4n) is 5.94. The summed E-state index contributed by atoms with van der Waals surface area (Å²) in [7, 11) is 0. The highest BCUT2D eigenvalue weighted by atomic mass is 19.2. The molecular formula is C31H33F4N3O7. The van der Waals surface area contributed by atoms with Gasteiger partial charge >= 0.3 is 17.8 Å². The van der Waals surface area contributed by atoms with Crippen LogP contribution in [0.3, 0.4) is 0 Å². The molecule has 242 valence electrons. The molecule has 2 aromatic carbocycles. The summed E-state index contributed by atoms with van der Waals surface area (Å²) in [6, 6.07) is 4.28. The number of ketones is 1. The molecular weight excluding hydrogens is 602 g/mol. The SMILES string of the molecule is CC(C)(C)c1ccccc1NC(=O)C(=O)N1[C@@H]2CCC(C(=O)N[C@@H](CC(=O)O)C(=O)COc3c(F)c(F)cc(F)c3F)[C@H]1CC2. The molecule has 2 bridgehead atoms. The van der Waals surface area contributed by atoms with Gasteiger partial charge in [0.15, 0.2) is 23.2 Å². The van der Waals surface area contributed by atoms with Gasteiger partial charge in [0.25, 0.3) is 0 Å². The maximum atomic E-state index is 14.0. The fourth-order valence-corrected chi connectivity index (χ4v) is 5.94. The van der Waals surface area contributed by atoms with Crippen LogP contribution in [0.1, 0.15) is 58.4 Å². The minimum Gasteiger partial charge on any atom is -0.481 e. The van der Waals surface area contributed by atoms with Crippen LogP contribution in [0.25, 0.3) is 0 Å². The smallest absolute Gasteiger partial charge is 0.313 e. The lowest BCUT2D eigenvalue weighted by molar-refractivity contribution is -0.149. The zero-order valence-electron chi connectivity index (χ0n) is 24.8. The van der Waals surface area contributed by atoms with Gasteiger partial charge in [-0.15, -0.1) is 0 Å². The molecule has 2 aliphatic heterocycles. The molecule has 2 aromatic rings. The van der Waals surface area contributed by atoms with E-state index in [2.05, 4.69) is 15.4 Å². The Balaban J connectivity index is 1.46. The van der Waals surface area contributed by atoms with E-state index in [4.69, 9.17) is 0 Å². The van der Waals surface area contributed by atoms with Gasteiger partial charge in [0, 0.05) is 23.8 Å². The van der Waals surface area contributed by atoms with Crippen LogP contribution in [0.4, 0.5) is 23.2 Å². The predicted molar refractivity (Wildman–Crippen MR) is 151 cm³/mol. The number of piperidine rings is 1. The van der Waals surface area contributed by atoms with Gasteiger partial charge in [-0.05, 0) is 42.7 Å². The quantitative estimate of drug-likeness (QED) is 0.216. The lowest BCUT2D eigenvalue weighted by Gasteiger charge is -2.39. The standard InChI is InChI=1S/C31H33F4N3O7/c1-31(2,3)17-6-4-5-7-20(17)36-29(43)30(44)38-15-8-10-16(22(38)11-9-15)28(42)37-21(13-24(40)41)23(39)14-45-27-25(34)18(32)12-19(33)26(27)35/h4-7,12,15-16,21-22H,8-11,13-14H2,1-3H3,(H,36,43)(H,37,42)(H,40,41)/t15-,16?,21+,22-/m1/s1. The Labute approximate surface area is 256 Å². The number of aliphatic carboxylic acids is 1.